The number of aliphatic hydroxyl groups excluding tert-OH is 1. The second-order valence-electron chi connectivity index (χ2n) is 2.53. The minimum atomic E-state index is -0.0498. The molecule has 0 aliphatic carbocycles. The zero-order valence-corrected chi connectivity index (χ0v) is 5.22. The van der Waals surface area contributed by atoms with Crippen molar-refractivity contribution in [3.05, 3.63) is 0 Å². The van der Waals surface area contributed by atoms with Gasteiger partial charge in [0, 0.05) is 6.04 Å². The average Bonchev–Trinajstić information content (AvgIpc) is 1.64. The van der Waals surface area contributed by atoms with E-state index in [9.17, 15) is 0 Å². The van der Waals surface area contributed by atoms with Gasteiger partial charge in [-0.05, 0) is 26.3 Å². The van der Waals surface area contributed by atoms with Crippen molar-refractivity contribution in [1.82, 2.24) is 5.32 Å². The molecule has 0 aromatic rings. The monoisotopic (exact) mass is 115 g/mol. The maximum absolute atomic E-state index is 9.04. The van der Waals surface area contributed by atoms with Crippen LogP contribution in [0.15, 0.2) is 0 Å². The Kier molecular flexibility index (Phi) is 1.86. The Labute approximate surface area is 49.9 Å². The van der Waals surface area contributed by atoms with E-state index >= 15 is 0 Å². The van der Waals surface area contributed by atoms with Crippen LogP contribution in [0.5, 0.6) is 0 Å². The van der Waals surface area contributed by atoms with E-state index in [4.69, 9.17) is 5.11 Å². The van der Waals surface area contributed by atoms with Gasteiger partial charge < -0.3 is 10.4 Å². The van der Waals surface area contributed by atoms with Gasteiger partial charge in [-0.3, -0.25) is 0 Å². The maximum Gasteiger partial charge on any atom is 0.0567 e. The molecule has 2 N–H and O–H groups in total. The largest absolute Gasteiger partial charge is 0.393 e. The van der Waals surface area contributed by atoms with E-state index in [1.165, 1.54) is 0 Å². The molecule has 1 saturated heterocycles. The fraction of sp³-hybridized carbons (Fsp3) is 1.00. The molecule has 2 nitrogen and oxygen atoms in total. The third-order valence-electron chi connectivity index (χ3n) is 1.60. The zero-order valence-electron chi connectivity index (χ0n) is 5.22. The van der Waals surface area contributed by atoms with E-state index in [1.54, 1.807) is 0 Å². The number of rotatable bonds is 0. The third-order valence-corrected chi connectivity index (χ3v) is 1.60. The van der Waals surface area contributed by atoms with E-state index in [0.29, 0.717) is 6.04 Å². The van der Waals surface area contributed by atoms with Crippen LogP contribution in [-0.2, 0) is 0 Å². The molecule has 0 aromatic carbocycles. The van der Waals surface area contributed by atoms with Gasteiger partial charge in [0.25, 0.3) is 0 Å². The Hall–Kier alpha value is -0.0800. The highest BCUT2D eigenvalue weighted by Gasteiger charge is 2.14. The van der Waals surface area contributed by atoms with Crippen molar-refractivity contribution in [2.75, 3.05) is 6.54 Å². The van der Waals surface area contributed by atoms with Gasteiger partial charge in [-0.1, -0.05) is 0 Å². The molecule has 0 aromatic heterocycles. The Balaban J connectivity index is 2.23. The molecule has 0 amide bonds. The first kappa shape index (κ1) is 6.05. The van der Waals surface area contributed by atoms with Gasteiger partial charge in [0.2, 0.25) is 0 Å². The van der Waals surface area contributed by atoms with E-state index in [0.717, 1.165) is 19.4 Å². The molecule has 1 fully saturated rings. The number of nitrogens with one attached hydrogen (secondary N) is 1. The summed E-state index contributed by atoms with van der Waals surface area (Å²) in [6.07, 6.45) is 1.79. The molecule has 1 aliphatic heterocycles. The van der Waals surface area contributed by atoms with Crippen molar-refractivity contribution in [3.8, 4) is 0 Å². The van der Waals surface area contributed by atoms with Crippen LogP contribution < -0.4 is 5.32 Å². The SMILES string of the molecule is CC1CC(O)CCN1. The summed E-state index contributed by atoms with van der Waals surface area (Å²) < 4.78 is 0. The molecular formula is C6H13NO. The van der Waals surface area contributed by atoms with E-state index in [-0.39, 0.29) is 6.10 Å². The van der Waals surface area contributed by atoms with Crippen molar-refractivity contribution >= 4 is 0 Å². The van der Waals surface area contributed by atoms with Crippen LogP contribution >= 0.6 is 0 Å². The van der Waals surface area contributed by atoms with Gasteiger partial charge in [0.1, 0.15) is 0 Å². The first-order chi connectivity index (χ1) is 3.79. The fourth-order valence-electron chi connectivity index (χ4n) is 1.11. The van der Waals surface area contributed by atoms with Crippen LogP contribution in [0.1, 0.15) is 19.8 Å². The lowest BCUT2D eigenvalue weighted by Gasteiger charge is -2.23. The Morgan fingerprint density at radius 2 is 2.38 bits per heavy atom. The topological polar surface area (TPSA) is 32.3 Å². The summed E-state index contributed by atoms with van der Waals surface area (Å²) in [6, 6.07) is 0.513. The van der Waals surface area contributed by atoms with Crippen molar-refractivity contribution in [2.24, 2.45) is 0 Å². The summed E-state index contributed by atoms with van der Waals surface area (Å²) in [5.74, 6) is 0. The fourth-order valence-corrected chi connectivity index (χ4v) is 1.11. The van der Waals surface area contributed by atoms with Gasteiger partial charge in [-0.2, -0.15) is 0 Å². The molecule has 1 heterocycles. The summed E-state index contributed by atoms with van der Waals surface area (Å²) in [5, 5.41) is 12.3. The summed E-state index contributed by atoms with van der Waals surface area (Å²) in [7, 11) is 0. The van der Waals surface area contributed by atoms with Crippen LogP contribution in [0.4, 0.5) is 0 Å². The summed E-state index contributed by atoms with van der Waals surface area (Å²) in [5.41, 5.74) is 0. The predicted molar refractivity (Wildman–Crippen MR) is 32.7 cm³/mol. The van der Waals surface area contributed by atoms with Gasteiger partial charge >= 0.3 is 0 Å². The highest BCUT2D eigenvalue weighted by atomic mass is 16.3. The number of aliphatic hydroxyl groups is 1. The normalized spacial score (nSPS) is 39.8. The van der Waals surface area contributed by atoms with E-state index in [2.05, 4.69) is 12.2 Å². The molecule has 8 heavy (non-hydrogen) atoms. The molecular weight excluding hydrogens is 102 g/mol. The molecule has 2 heteroatoms. The quantitative estimate of drug-likeness (QED) is 0.470. The van der Waals surface area contributed by atoms with E-state index < -0.39 is 0 Å². The average molecular weight is 115 g/mol. The first-order valence-electron chi connectivity index (χ1n) is 3.20. The lowest BCUT2D eigenvalue weighted by atomic mass is 10.0. The minimum absolute atomic E-state index is 0.0498. The molecule has 2 atom stereocenters. The Morgan fingerprint density at radius 3 is 2.75 bits per heavy atom. The number of hydrogen-bond donors (Lipinski definition) is 2. The van der Waals surface area contributed by atoms with Crippen LogP contribution in [0.25, 0.3) is 0 Å². The predicted octanol–water partition coefficient (Wildman–Crippen LogP) is 0.119. The smallest absolute Gasteiger partial charge is 0.0567 e. The standard InChI is InChI=1S/C6H13NO/c1-5-4-6(8)2-3-7-5/h5-8H,2-4H2,1H3. The lowest BCUT2D eigenvalue weighted by molar-refractivity contribution is 0.120. The minimum Gasteiger partial charge on any atom is -0.393 e. The molecule has 0 saturated carbocycles. The van der Waals surface area contributed by atoms with Crippen LogP contribution in [0.3, 0.4) is 0 Å². The highest BCUT2D eigenvalue weighted by Crippen LogP contribution is 2.06. The highest BCUT2D eigenvalue weighted by molar-refractivity contribution is 4.73. The lowest BCUT2D eigenvalue weighted by Crippen LogP contribution is -2.37. The Bertz CT molecular complexity index is 66.9. The summed E-state index contributed by atoms with van der Waals surface area (Å²) >= 11 is 0. The van der Waals surface area contributed by atoms with Gasteiger partial charge in [-0.25, -0.2) is 0 Å². The molecule has 0 radical (unpaired) electrons. The van der Waals surface area contributed by atoms with Crippen LogP contribution in [0, 0.1) is 0 Å². The van der Waals surface area contributed by atoms with E-state index in [1.807, 2.05) is 0 Å². The molecule has 0 bridgehead atoms. The van der Waals surface area contributed by atoms with Crippen molar-refractivity contribution in [1.29, 1.82) is 0 Å². The zero-order chi connectivity index (χ0) is 5.98. The molecule has 1 rings (SSSR count). The van der Waals surface area contributed by atoms with Crippen LogP contribution in [-0.4, -0.2) is 23.8 Å². The molecule has 2 unspecified atom stereocenters. The first-order valence-corrected chi connectivity index (χ1v) is 3.20. The number of hydrogen-bond acceptors (Lipinski definition) is 2. The molecule has 1 aliphatic rings. The van der Waals surface area contributed by atoms with Gasteiger partial charge in [-0.15, -0.1) is 0 Å². The van der Waals surface area contributed by atoms with Crippen LogP contribution in [0.2, 0.25) is 0 Å². The van der Waals surface area contributed by atoms with Gasteiger partial charge in [0.05, 0.1) is 6.10 Å². The van der Waals surface area contributed by atoms with Crippen molar-refractivity contribution in [2.45, 2.75) is 31.9 Å². The second kappa shape index (κ2) is 2.46. The number of piperidine rings is 1. The molecule has 48 valence electrons. The Morgan fingerprint density at radius 1 is 1.62 bits per heavy atom. The molecule has 0 spiro atoms. The second-order valence-corrected chi connectivity index (χ2v) is 2.53. The third kappa shape index (κ3) is 1.46. The summed E-state index contributed by atoms with van der Waals surface area (Å²) in [6.45, 7) is 3.07. The summed E-state index contributed by atoms with van der Waals surface area (Å²) in [4.78, 5) is 0. The van der Waals surface area contributed by atoms with Crippen molar-refractivity contribution in [3.63, 3.8) is 0 Å². The maximum atomic E-state index is 9.04. The van der Waals surface area contributed by atoms with Gasteiger partial charge in [0.15, 0.2) is 0 Å². The van der Waals surface area contributed by atoms with Crippen molar-refractivity contribution < 1.29 is 5.11 Å².